The molecular weight excluding hydrogens is 397 g/mol. The lowest BCUT2D eigenvalue weighted by Crippen LogP contribution is -2.36. The summed E-state index contributed by atoms with van der Waals surface area (Å²) in [6, 6.07) is 10.7. The van der Waals surface area contributed by atoms with Gasteiger partial charge in [-0.25, -0.2) is 4.79 Å². The second-order valence-corrected chi connectivity index (χ2v) is 7.80. The van der Waals surface area contributed by atoms with Crippen molar-refractivity contribution in [2.24, 2.45) is 0 Å². The minimum atomic E-state index is -4.32. The van der Waals surface area contributed by atoms with Crippen molar-refractivity contribution < 1.29 is 22.7 Å². The van der Waals surface area contributed by atoms with Crippen LogP contribution in [0.15, 0.2) is 41.8 Å². The van der Waals surface area contributed by atoms with Gasteiger partial charge in [0.15, 0.2) is 0 Å². The van der Waals surface area contributed by atoms with Gasteiger partial charge in [-0.05, 0) is 22.6 Å². The number of thioether (sulfide) groups is 1. The smallest absolute Gasteiger partial charge is 0.367 e. The molecule has 0 bridgehead atoms. The van der Waals surface area contributed by atoms with E-state index in [2.05, 4.69) is 21.4 Å². The summed E-state index contributed by atoms with van der Waals surface area (Å²) in [4.78, 5) is 13.1. The van der Waals surface area contributed by atoms with Gasteiger partial charge in [-0.15, -0.1) is 11.3 Å². The molecule has 0 aliphatic heterocycles. The first kappa shape index (κ1) is 21.6. The van der Waals surface area contributed by atoms with Crippen LogP contribution in [0.1, 0.15) is 16.0 Å². The molecule has 4 nitrogen and oxygen atoms in total. The van der Waals surface area contributed by atoms with Crippen molar-refractivity contribution >= 4 is 29.1 Å². The average molecular weight is 419 g/mol. The number of urea groups is 1. The zero-order chi connectivity index (χ0) is 19.5. The number of amides is 2. The topological polar surface area (TPSA) is 50.4 Å². The van der Waals surface area contributed by atoms with Crippen LogP contribution in [0, 0.1) is 0 Å². The van der Waals surface area contributed by atoms with Crippen LogP contribution >= 0.6 is 23.1 Å². The van der Waals surface area contributed by atoms with Crippen molar-refractivity contribution in [3.8, 4) is 0 Å². The fourth-order valence-corrected chi connectivity index (χ4v) is 3.79. The van der Waals surface area contributed by atoms with Crippen molar-refractivity contribution in [3.63, 3.8) is 0 Å². The Balaban J connectivity index is 1.56. The van der Waals surface area contributed by atoms with Gasteiger partial charge in [-0.3, -0.25) is 0 Å². The maximum absolute atomic E-state index is 12.0. The standard InChI is InChI=1S/C18H21F3N2O2S2/c19-18(20,21)13-25-11-15-5-3-14(4-6-15)10-23-17(24)22-7-9-26-12-16-2-1-8-27-16/h1-6,8H,7,9-13H2,(H2,22,23,24). The van der Waals surface area contributed by atoms with E-state index < -0.39 is 12.8 Å². The van der Waals surface area contributed by atoms with Crippen molar-refractivity contribution in [3.05, 3.63) is 57.8 Å². The van der Waals surface area contributed by atoms with E-state index in [1.54, 1.807) is 47.4 Å². The molecule has 148 valence electrons. The van der Waals surface area contributed by atoms with Crippen molar-refractivity contribution in [2.75, 3.05) is 18.9 Å². The maximum atomic E-state index is 12.0. The van der Waals surface area contributed by atoms with Gasteiger partial charge in [0.05, 0.1) is 6.61 Å². The van der Waals surface area contributed by atoms with Gasteiger partial charge in [-0.2, -0.15) is 24.9 Å². The molecule has 2 rings (SSSR count). The van der Waals surface area contributed by atoms with Crippen molar-refractivity contribution in [2.45, 2.75) is 25.1 Å². The summed E-state index contributed by atoms with van der Waals surface area (Å²) in [5.74, 6) is 1.78. The Labute approximate surface area is 164 Å². The van der Waals surface area contributed by atoms with Crippen LogP contribution in [0.5, 0.6) is 0 Å². The van der Waals surface area contributed by atoms with E-state index in [1.807, 2.05) is 11.4 Å². The van der Waals surface area contributed by atoms with Crippen molar-refractivity contribution in [1.82, 2.24) is 10.6 Å². The fourth-order valence-electron chi connectivity index (χ4n) is 2.09. The van der Waals surface area contributed by atoms with Crippen LogP contribution < -0.4 is 10.6 Å². The number of carbonyl (C=O) groups excluding carboxylic acids is 1. The highest BCUT2D eigenvalue weighted by molar-refractivity contribution is 7.98. The Morgan fingerprint density at radius 3 is 2.52 bits per heavy atom. The molecule has 0 radical (unpaired) electrons. The number of benzene rings is 1. The summed E-state index contributed by atoms with van der Waals surface area (Å²) in [5, 5.41) is 7.59. The molecule has 1 aromatic heterocycles. The number of thiophene rings is 1. The summed E-state index contributed by atoms with van der Waals surface area (Å²) in [6.07, 6.45) is -4.32. The van der Waals surface area contributed by atoms with Gasteiger partial charge in [0.1, 0.15) is 6.61 Å². The SMILES string of the molecule is O=C(NCCSCc1cccs1)NCc1ccc(COCC(F)(F)F)cc1. The van der Waals surface area contributed by atoms with Crippen LogP contribution in [0.3, 0.4) is 0 Å². The van der Waals surface area contributed by atoms with Crippen molar-refractivity contribution in [1.29, 1.82) is 0 Å². The first-order chi connectivity index (χ1) is 12.9. The normalized spacial score (nSPS) is 11.4. The van der Waals surface area contributed by atoms with E-state index in [9.17, 15) is 18.0 Å². The minimum absolute atomic E-state index is 0.100. The second kappa shape index (κ2) is 11.2. The summed E-state index contributed by atoms with van der Waals surface area (Å²) < 4.78 is 40.7. The molecule has 0 spiro atoms. The zero-order valence-electron chi connectivity index (χ0n) is 14.6. The molecule has 0 saturated carbocycles. The molecule has 0 saturated heterocycles. The van der Waals surface area contributed by atoms with E-state index in [1.165, 1.54) is 4.88 Å². The van der Waals surface area contributed by atoms with E-state index in [-0.39, 0.29) is 12.6 Å². The Morgan fingerprint density at radius 1 is 1.11 bits per heavy atom. The predicted octanol–water partition coefficient (Wildman–Crippen LogP) is 4.56. The summed E-state index contributed by atoms with van der Waals surface area (Å²) in [5.41, 5.74) is 1.51. The molecule has 2 N–H and O–H groups in total. The summed E-state index contributed by atoms with van der Waals surface area (Å²) >= 11 is 3.48. The molecule has 0 atom stereocenters. The van der Waals surface area contributed by atoms with E-state index in [4.69, 9.17) is 0 Å². The summed E-state index contributed by atoms with van der Waals surface area (Å²) in [6.45, 7) is -0.436. The van der Waals surface area contributed by atoms with Crippen LogP contribution in [0.25, 0.3) is 0 Å². The van der Waals surface area contributed by atoms with Gasteiger partial charge in [0, 0.05) is 29.5 Å². The number of alkyl halides is 3. The van der Waals surface area contributed by atoms with Gasteiger partial charge < -0.3 is 15.4 Å². The van der Waals surface area contributed by atoms with Crippen LogP contribution in [0.4, 0.5) is 18.0 Å². The molecule has 2 aromatic rings. The highest BCUT2D eigenvalue weighted by atomic mass is 32.2. The first-order valence-corrected chi connectivity index (χ1v) is 10.3. The molecule has 0 aliphatic carbocycles. The van der Waals surface area contributed by atoms with Gasteiger partial charge >= 0.3 is 12.2 Å². The molecule has 9 heteroatoms. The maximum Gasteiger partial charge on any atom is 0.411 e. The molecule has 2 amide bonds. The molecule has 0 unspecified atom stereocenters. The molecule has 27 heavy (non-hydrogen) atoms. The third-order valence-electron chi connectivity index (χ3n) is 3.37. The number of rotatable bonds is 10. The molecule has 1 heterocycles. The Morgan fingerprint density at radius 2 is 1.85 bits per heavy atom. The Bertz CT molecular complexity index is 677. The highest BCUT2D eigenvalue weighted by Gasteiger charge is 2.27. The van der Waals surface area contributed by atoms with Crippen LogP contribution in [-0.2, 0) is 23.6 Å². The van der Waals surface area contributed by atoms with Crippen LogP contribution in [0.2, 0.25) is 0 Å². The molecule has 0 fully saturated rings. The number of ether oxygens (including phenoxy) is 1. The molecule has 1 aromatic carbocycles. The van der Waals surface area contributed by atoms with Gasteiger partial charge in [-0.1, -0.05) is 30.3 Å². The zero-order valence-corrected chi connectivity index (χ0v) is 16.2. The first-order valence-electron chi connectivity index (χ1n) is 8.26. The molecule has 0 aliphatic rings. The third-order valence-corrected chi connectivity index (χ3v) is 5.43. The second-order valence-electron chi connectivity index (χ2n) is 5.67. The van der Waals surface area contributed by atoms with E-state index in [0.29, 0.717) is 18.7 Å². The number of nitrogens with one attached hydrogen (secondary N) is 2. The predicted molar refractivity (Wildman–Crippen MR) is 103 cm³/mol. The van der Waals surface area contributed by atoms with E-state index in [0.717, 1.165) is 17.1 Å². The monoisotopic (exact) mass is 418 g/mol. The summed E-state index contributed by atoms with van der Waals surface area (Å²) in [7, 11) is 0. The van der Waals surface area contributed by atoms with Gasteiger partial charge in [0.2, 0.25) is 0 Å². The number of hydrogen-bond acceptors (Lipinski definition) is 4. The highest BCUT2D eigenvalue weighted by Crippen LogP contribution is 2.17. The lowest BCUT2D eigenvalue weighted by Gasteiger charge is -2.09. The van der Waals surface area contributed by atoms with Crippen LogP contribution in [-0.4, -0.2) is 31.1 Å². The Kier molecular flexibility index (Phi) is 8.96. The fraction of sp³-hybridized carbons (Fsp3) is 0.389. The average Bonchev–Trinajstić information content (AvgIpc) is 3.13. The lowest BCUT2D eigenvalue weighted by molar-refractivity contribution is -0.176. The number of halogens is 3. The minimum Gasteiger partial charge on any atom is -0.367 e. The largest absolute Gasteiger partial charge is 0.411 e. The van der Waals surface area contributed by atoms with E-state index >= 15 is 0 Å². The number of hydrogen-bond donors (Lipinski definition) is 2. The lowest BCUT2D eigenvalue weighted by atomic mass is 10.1. The Hall–Kier alpha value is -1.71. The third kappa shape index (κ3) is 9.69. The quantitative estimate of drug-likeness (QED) is 0.556. The molecular formula is C18H21F3N2O2S2. The number of carbonyl (C=O) groups is 1. The van der Waals surface area contributed by atoms with Gasteiger partial charge in [0.25, 0.3) is 0 Å².